The Kier molecular flexibility index (Phi) is 6.67. The van der Waals surface area contributed by atoms with Crippen LogP contribution in [0.25, 0.3) is 0 Å². The van der Waals surface area contributed by atoms with Gasteiger partial charge in [-0.1, -0.05) is 29.8 Å². The molecule has 31 heavy (non-hydrogen) atoms. The van der Waals surface area contributed by atoms with Gasteiger partial charge in [-0.2, -0.15) is 0 Å². The summed E-state index contributed by atoms with van der Waals surface area (Å²) in [6.45, 7) is 6.50. The Balaban J connectivity index is 1.76. The summed E-state index contributed by atoms with van der Waals surface area (Å²) in [7, 11) is -0.691. The lowest BCUT2D eigenvalue weighted by Crippen LogP contribution is -2.40. The summed E-state index contributed by atoms with van der Waals surface area (Å²) in [5.74, 6) is -0.173. The molecule has 1 aliphatic rings. The van der Waals surface area contributed by atoms with Gasteiger partial charge >= 0.3 is 0 Å². The van der Waals surface area contributed by atoms with Gasteiger partial charge in [-0.05, 0) is 56.9 Å². The predicted octanol–water partition coefficient (Wildman–Crippen LogP) is 3.60. The van der Waals surface area contributed by atoms with Gasteiger partial charge in [-0.3, -0.25) is 9.59 Å². The third kappa shape index (κ3) is 4.72. The van der Waals surface area contributed by atoms with Gasteiger partial charge in [0.25, 0.3) is 5.91 Å². The maximum atomic E-state index is 13.1. The average molecular weight is 443 g/mol. The maximum absolute atomic E-state index is 13.1. The molecular formula is C24H30N2O4S. The molecule has 0 bridgehead atoms. The molecule has 1 amide bonds. The number of piperidine rings is 1. The Morgan fingerprint density at radius 1 is 0.935 bits per heavy atom. The van der Waals surface area contributed by atoms with Gasteiger partial charge in [0.2, 0.25) is 10.0 Å². The van der Waals surface area contributed by atoms with E-state index in [2.05, 4.69) is 0 Å². The van der Waals surface area contributed by atoms with E-state index in [0.29, 0.717) is 42.6 Å². The van der Waals surface area contributed by atoms with Crippen LogP contribution < -0.4 is 0 Å². The molecular weight excluding hydrogens is 412 g/mol. The average Bonchev–Trinajstić information content (AvgIpc) is 2.75. The third-order valence-corrected chi connectivity index (χ3v) is 8.06. The number of sulfonamides is 1. The number of aryl methyl sites for hydroxylation is 2. The number of hydrogen-bond donors (Lipinski definition) is 0. The first-order valence-corrected chi connectivity index (χ1v) is 11.9. The van der Waals surface area contributed by atoms with Crippen LogP contribution in [0.3, 0.4) is 0 Å². The molecule has 0 saturated carbocycles. The summed E-state index contributed by atoms with van der Waals surface area (Å²) in [6, 6.07) is 10.8. The summed E-state index contributed by atoms with van der Waals surface area (Å²) in [4.78, 5) is 27.8. The number of likely N-dealkylation sites (tertiary alicyclic amines) is 1. The van der Waals surface area contributed by atoms with Crippen LogP contribution in [0.1, 0.15) is 50.2 Å². The van der Waals surface area contributed by atoms with E-state index in [1.807, 2.05) is 38.1 Å². The fraction of sp³-hybridized carbons (Fsp3) is 0.417. The number of carbonyl (C=O) groups is 2. The third-order valence-electron chi connectivity index (χ3n) is 6.11. The number of ketones is 1. The number of benzene rings is 2. The van der Waals surface area contributed by atoms with Gasteiger partial charge in [0.05, 0.1) is 4.90 Å². The highest BCUT2D eigenvalue weighted by Gasteiger charge is 2.30. The van der Waals surface area contributed by atoms with Crippen molar-refractivity contribution in [1.82, 2.24) is 9.21 Å². The Labute approximate surface area is 184 Å². The van der Waals surface area contributed by atoms with Gasteiger partial charge in [-0.25, -0.2) is 12.7 Å². The molecule has 0 aromatic heterocycles. The van der Waals surface area contributed by atoms with E-state index in [1.54, 1.807) is 17.9 Å². The van der Waals surface area contributed by atoms with Crippen molar-refractivity contribution >= 4 is 21.7 Å². The Hall–Kier alpha value is -2.51. The first kappa shape index (κ1) is 23.2. The second-order valence-electron chi connectivity index (χ2n) is 8.50. The summed E-state index contributed by atoms with van der Waals surface area (Å²) < 4.78 is 26.5. The first-order valence-electron chi connectivity index (χ1n) is 10.5. The molecule has 2 aromatic rings. The zero-order valence-corrected chi connectivity index (χ0v) is 19.6. The summed E-state index contributed by atoms with van der Waals surface area (Å²) >= 11 is 0. The molecule has 3 rings (SSSR count). The highest BCUT2D eigenvalue weighted by molar-refractivity contribution is 7.89. The number of rotatable bonds is 5. The Morgan fingerprint density at radius 3 is 2.06 bits per heavy atom. The number of amides is 1. The van der Waals surface area contributed by atoms with E-state index in [4.69, 9.17) is 0 Å². The molecule has 6 nitrogen and oxygen atoms in total. The molecule has 1 heterocycles. The molecule has 1 aliphatic heterocycles. The molecule has 0 atom stereocenters. The van der Waals surface area contributed by atoms with E-state index >= 15 is 0 Å². The van der Waals surface area contributed by atoms with Crippen molar-refractivity contribution in [2.45, 2.75) is 38.5 Å². The van der Waals surface area contributed by atoms with Crippen LogP contribution in [0.5, 0.6) is 0 Å². The molecule has 0 spiro atoms. The zero-order valence-electron chi connectivity index (χ0n) is 18.8. The molecule has 1 saturated heterocycles. The van der Waals surface area contributed by atoms with Crippen LogP contribution in [-0.2, 0) is 10.0 Å². The highest BCUT2D eigenvalue weighted by Crippen LogP contribution is 2.27. The van der Waals surface area contributed by atoms with Crippen LogP contribution in [0.4, 0.5) is 0 Å². The monoisotopic (exact) mass is 442 g/mol. The lowest BCUT2D eigenvalue weighted by Gasteiger charge is -2.31. The number of hydrogen-bond acceptors (Lipinski definition) is 4. The number of Topliss-reactive ketones (excluding diaryl/α,β-unsaturated/α-hetero) is 1. The molecule has 0 aliphatic carbocycles. The second kappa shape index (κ2) is 8.93. The van der Waals surface area contributed by atoms with Gasteiger partial charge < -0.3 is 4.90 Å². The quantitative estimate of drug-likeness (QED) is 0.663. The number of carbonyl (C=O) groups excluding carboxylic acids is 2. The van der Waals surface area contributed by atoms with Gasteiger partial charge in [0.1, 0.15) is 0 Å². The van der Waals surface area contributed by atoms with Crippen molar-refractivity contribution < 1.29 is 18.0 Å². The van der Waals surface area contributed by atoms with Gasteiger partial charge in [-0.15, -0.1) is 0 Å². The minimum atomic E-state index is -3.65. The van der Waals surface area contributed by atoms with Gasteiger partial charge in [0.15, 0.2) is 5.78 Å². The fourth-order valence-corrected chi connectivity index (χ4v) is 5.11. The minimum absolute atomic E-state index is 0.101. The van der Waals surface area contributed by atoms with Crippen molar-refractivity contribution in [3.63, 3.8) is 0 Å². The van der Waals surface area contributed by atoms with Crippen LogP contribution in [0.2, 0.25) is 0 Å². The maximum Gasteiger partial charge on any atom is 0.253 e. The van der Waals surface area contributed by atoms with Crippen molar-refractivity contribution in [3.05, 3.63) is 64.2 Å². The smallest absolute Gasteiger partial charge is 0.253 e. The van der Waals surface area contributed by atoms with E-state index in [0.717, 1.165) is 15.4 Å². The largest absolute Gasteiger partial charge is 0.339 e. The van der Waals surface area contributed by atoms with Gasteiger partial charge in [0, 0.05) is 44.2 Å². The topological polar surface area (TPSA) is 74.8 Å². The summed E-state index contributed by atoms with van der Waals surface area (Å²) in [5.41, 5.74) is 3.60. The van der Waals surface area contributed by atoms with E-state index < -0.39 is 10.0 Å². The first-order chi connectivity index (χ1) is 14.5. The summed E-state index contributed by atoms with van der Waals surface area (Å²) in [6.07, 6.45) is 1.21. The predicted molar refractivity (Wildman–Crippen MR) is 121 cm³/mol. The normalized spacial score (nSPS) is 15.4. The Bertz CT molecular complexity index is 1100. The fourth-order valence-electron chi connectivity index (χ4n) is 3.90. The molecule has 1 fully saturated rings. The van der Waals surface area contributed by atoms with Crippen LogP contribution >= 0.6 is 0 Å². The van der Waals surface area contributed by atoms with Crippen LogP contribution in [0, 0.1) is 26.7 Å². The zero-order chi connectivity index (χ0) is 22.9. The van der Waals surface area contributed by atoms with Crippen molar-refractivity contribution in [2.75, 3.05) is 27.2 Å². The molecule has 7 heteroatoms. The Morgan fingerprint density at radius 2 is 1.52 bits per heavy atom. The molecule has 166 valence electrons. The summed E-state index contributed by atoms with van der Waals surface area (Å²) in [5, 5.41) is 0. The molecule has 2 aromatic carbocycles. The van der Waals surface area contributed by atoms with Crippen molar-refractivity contribution in [1.29, 1.82) is 0 Å². The van der Waals surface area contributed by atoms with E-state index in [9.17, 15) is 18.0 Å². The van der Waals surface area contributed by atoms with Crippen molar-refractivity contribution in [2.24, 2.45) is 5.92 Å². The lowest BCUT2D eigenvalue weighted by molar-refractivity contribution is 0.0650. The van der Waals surface area contributed by atoms with Crippen molar-refractivity contribution in [3.8, 4) is 0 Å². The lowest BCUT2D eigenvalue weighted by atomic mass is 9.88. The molecule has 0 unspecified atom stereocenters. The minimum Gasteiger partial charge on any atom is -0.339 e. The van der Waals surface area contributed by atoms with E-state index in [1.165, 1.54) is 20.2 Å². The molecule has 0 N–H and O–H groups in total. The van der Waals surface area contributed by atoms with Crippen LogP contribution in [-0.4, -0.2) is 56.5 Å². The standard InChI is InChI=1S/C24H30N2O4S/c1-16-6-8-19(9-7-16)23(27)20-10-12-26(13-11-20)24(28)21-14-17(2)18(3)22(15-21)31(29,30)25(4)5/h6-9,14-15,20H,10-13H2,1-5H3. The SMILES string of the molecule is Cc1ccc(C(=O)C2CCN(C(=O)c3cc(C)c(C)c(S(=O)(=O)N(C)C)c3)CC2)cc1. The van der Waals surface area contributed by atoms with E-state index in [-0.39, 0.29) is 22.5 Å². The molecule has 0 radical (unpaired) electrons. The number of nitrogens with zero attached hydrogens (tertiary/aromatic N) is 2. The highest BCUT2D eigenvalue weighted by atomic mass is 32.2. The second-order valence-corrected chi connectivity index (χ2v) is 10.6. The van der Waals surface area contributed by atoms with Crippen LogP contribution in [0.15, 0.2) is 41.3 Å².